The van der Waals surface area contributed by atoms with Gasteiger partial charge in [-0.05, 0) is 70.3 Å². The molecule has 0 aliphatic carbocycles. The van der Waals surface area contributed by atoms with Crippen molar-refractivity contribution < 1.29 is 13.2 Å². The van der Waals surface area contributed by atoms with E-state index in [9.17, 15) is 8.42 Å². The van der Waals surface area contributed by atoms with Crippen molar-refractivity contribution >= 4 is 26.9 Å². The standard InChI is InChI=1S/C26H34N6O3S/c1-16(2)32-26-22(13-28-32)21(12-17(3)29-26)18(4)31-11-6-5-9-20(31)14-35-23-10-7-8-19-15-36(33,34)30-25(27)24(19)23/h7-8,10,12-13,16,18,20H,5-6,9,11,14-15H2,1-4H3,(H2,27,30)/t18?,20-/m1/s1. The Bertz CT molecular complexity index is 1430. The summed E-state index contributed by atoms with van der Waals surface area (Å²) in [4.78, 5) is 7.31. The van der Waals surface area contributed by atoms with Gasteiger partial charge in [0.1, 0.15) is 18.2 Å². The number of amidine groups is 1. The Morgan fingerprint density at radius 3 is 2.81 bits per heavy atom. The number of pyridine rings is 1. The molecule has 1 aromatic carbocycles. The number of aromatic nitrogens is 3. The second kappa shape index (κ2) is 9.48. The highest BCUT2D eigenvalue weighted by Gasteiger charge is 2.31. The molecule has 36 heavy (non-hydrogen) atoms. The molecule has 4 heterocycles. The number of aryl methyl sites for hydroxylation is 1. The number of hydrogen-bond acceptors (Lipinski definition) is 7. The molecule has 0 bridgehead atoms. The number of benzene rings is 1. The lowest BCUT2D eigenvalue weighted by Crippen LogP contribution is -2.44. The largest absolute Gasteiger partial charge is 0.491 e. The van der Waals surface area contributed by atoms with Crippen LogP contribution in [0.5, 0.6) is 5.75 Å². The van der Waals surface area contributed by atoms with E-state index in [0.29, 0.717) is 23.5 Å². The molecule has 2 atom stereocenters. The zero-order valence-corrected chi connectivity index (χ0v) is 22.1. The number of nitrogens with zero attached hydrogens (tertiary/aromatic N) is 5. The molecule has 2 aromatic heterocycles. The first kappa shape index (κ1) is 24.7. The first-order valence-corrected chi connectivity index (χ1v) is 14.2. The van der Waals surface area contributed by atoms with E-state index in [-0.39, 0.29) is 29.7 Å². The third kappa shape index (κ3) is 4.59. The van der Waals surface area contributed by atoms with Gasteiger partial charge in [0.2, 0.25) is 0 Å². The molecule has 10 heteroatoms. The van der Waals surface area contributed by atoms with Crippen LogP contribution >= 0.6 is 0 Å². The van der Waals surface area contributed by atoms with E-state index in [4.69, 9.17) is 15.5 Å². The third-order valence-electron chi connectivity index (χ3n) is 7.21. The summed E-state index contributed by atoms with van der Waals surface area (Å²) in [7, 11) is -3.59. The quantitative estimate of drug-likeness (QED) is 0.535. The van der Waals surface area contributed by atoms with Crippen LogP contribution in [0.2, 0.25) is 0 Å². The second-order valence-corrected chi connectivity index (χ2v) is 11.8. The molecule has 2 aliphatic heterocycles. The minimum absolute atomic E-state index is 0.00228. The predicted molar refractivity (Wildman–Crippen MR) is 141 cm³/mol. The van der Waals surface area contributed by atoms with Crippen LogP contribution in [0.25, 0.3) is 11.0 Å². The lowest BCUT2D eigenvalue weighted by atomic mass is 9.96. The number of likely N-dealkylation sites (tertiary alicyclic amines) is 1. The Kier molecular flexibility index (Phi) is 6.50. The molecule has 9 nitrogen and oxygen atoms in total. The monoisotopic (exact) mass is 510 g/mol. The van der Waals surface area contributed by atoms with Gasteiger partial charge < -0.3 is 10.5 Å². The molecule has 2 N–H and O–H groups in total. The molecular formula is C26H34N6O3S. The van der Waals surface area contributed by atoms with Crippen LogP contribution in [0.15, 0.2) is 34.9 Å². The van der Waals surface area contributed by atoms with Gasteiger partial charge in [0.15, 0.2) is 5.65 Å². The molecule has 1 saturated heterocycles. The number of piperidine rings is 1. The first-order chi connectivity index (χ1) is 17.1. The molecular weight excluding hydrogens is 476 g/mol. The Morgan fingerprint density at radius 2 is 2.03 bits per heavy atom. The van der Waals surface area contributed by atoms with Crippen molar-refractivity contribution in [1.82, 2.24) is 19.7 Å². The summed E-state index contributed by atoms with van der Waals surface area (Å²) in [6.07, 6.45) is 5.24. The van der Waals surface area contributed by atoms with Gasteiger partial charge in [-0.15, -0.1) is 4.40 Å². The number of nitrogens with two attached hydrogens (primary N) is 1. The fourth-order valence-electron chi connectivity index (χ4n) is 5.50. The van der Waals surface area contributed by atoms with E-state index in [1.54, 1.807) is 6.07 Å². The summed E-state index contributed by atoms with van der Waals surface area (Å²) in [5, 5.41) is 5.71. The molecule has 2 aliphatic rings. The van der Waals surface area contributed by atoms with Gasteiger partial charge in [0.05, 0.1) is 17.5 Å². The number of fused-ring (bicyclic) bond motifs is 2. The van der Waals surface area contributed by atoms with Crippen molar-refractivity contribution in [2.45, 2.75) is 70.8 Å². The van der Waals surface area contributed by atoms with Crippen molar-refractivity contribution in [2.75, 3.05) is 13.2 Å². The predicted octanol–water partition coefficient (Wildman–Crippen LogP) is 3.86. The summed E-state index contributed by atoms with van der Waals surface area (Å²) in [5.74, 6) is 0.425. The van der Waals surface area contributed by atoms with Crippen molar-refractivity contribution in [3.05, 3.63) is 52.8 Å². The first-order valence-electron chi connectivity index (χ1n) is 12.6. The number of hydrogen-bond donors (Lipinski definition) is 1. The summed E-state index contributed by atoms with van der Waals surface area (Å²) < 4.78 is 36.1. The van der Waals surface area contributed by atoms with Crippen molar-refractivity contribution in [3.8, 4) is 5.75 Å². The molecule has 0 amide bonds. The average Bonchev–Trinajstić information content (AvgIpc) is 3.25. The summed E-state index contributed by atoms with van der Waals surface area (Å²) in [5.41, 5.74) is 10.4. The molecule has 5 rings (SSSR count). The van der Waals surface area contributed by atoms with E-state index < -0.39 is 10.0 Å². The van der Waals surface area contributed by atoms with Crippen LogP contribution in [0.4, 0.5) is 0 Å². The van der Waals surface area contributed by atoms with Crippen molar-refractivity contribution in [3.63, 3.8) is 0 Å². The minimum Gasteiger partial charge on any atom is -0.491 e. The highest BCUT2D eigenvalue weighted by molar-refractivity contribution is 7.89. The minimum atomic E-state index is -3.59. The van der Waals surface area contributed by atoms with Crippen LogP contribution in [-0.2, 0) is 15.8 Å². The van der Waals surface area contributed by atoms with E-state index in [0.717, 1.165) is 42.5 Å². The Balaban J connectivity index is 1.41. The summed E-state index contributed by atoms with van der Waals surface area (Å²) >= 11 is 0. The lowest BCUT2D eigenvalue weighted by molar-refractivity contribution is 0.0669. The fourth-order valence-corrected chi connectivity index (χ4v) is 6.59. The zero-order valence-electron chi connectivity index (χ0n) is 21.3. The van der Waals surface area contributed by atoms with E-state index in [2.05, 4.69) is 41.2 Å². The highest BCUT2D eigenvalue weighted by atomic mass is 32.2. The Morgan fingerprint density at radius 1 is 1.22 bits per heavy atom. The van der Waals surface area contributed by atoms with Gasteiger partial charge >= 0.3 is 0 Å². The molecule has 192 valence electrons. The van der Waals surface area contributed by atoms with Crippen LogP contribution in [-0.4, -0.2) is 53.1 Å². The molecule has 3 aromatic rings. The smallest absolute Gasteiger partial charge is 0.259 e. The number of ether oxygens (including phenoxy) is 1. The fraction of sp³-hybridized carbons (Fsp3) is 0.500. The highest BCUT2D eigenvalue weighted by Crippen LogP contribution is 2.34. The normalized spacial score (nSPS) is 20.8. The number of sulfonamides is 1. The van der Waals surface area contributed by atoms with Gasteiger partial charge in [-0.1, -0.05) is 18.6 Å². The molecule has 1 unspecified atom stereocenters. The lowest BCUT2D eigenvalue weighted by Gasteiger charge is -2.40. The van der Waals surface area contributed by atoms with Gasteiger partial charge in [0, 0.05) is 29.2 Å². The van der Waals surface area contributed by atoms with Crippen molar-refractivity contribution in [2.24, 2.45) is 10.1 Å². The summed E-state index contributed by atoms with van der Waals surface area (Å²) in [6.45, 7) is 9.98. The average molecular weight is 511 g/mol. The van der Waals surface area contributed by atoms with Crippen molar-refractivity contribution in [1.29, 1.82) is 0 Å². The van der Waals surface area contributed by atoms with Gasteiger partial charge in [0.25, 0.3) is 10.0 Å². The Hall–Kier alpha value is -2.98. The SMILES string of the molecule is Cc1cc(C(C)N2CCCC[C@@H]2COc2cccc3c2C(N)=NS(=O)(=O)C3)c2cnn(C(C)C)c2n1. The second-order valence-electron chi connectivity index (χ2n) is 10.1. The van der Waals surface area contributed by atoms with E-state index in [1.165, 1.54) is 5.56 Å². The van der Waals surface area contributed by atoms with Crippen LogP contribution in [0, 0.1) is 6.92 Å². The van der Waals surface area contributed by atoms with Gasteiger partial charge in [-0.2, -0.15) is 5.10 Å². The maximum Gasteiger partial charge on any atom is 0.259 e. The summed E-state index contributed by atoms with van der Waals surface area (Å²) in [6, 6.07) is 8.20. The van der Waals surface area contributed by atoms with E-state index >= 15 is 0 Å². The molecule has 1 fully saturated rings. The van der Waals surface area contributed by atoms with Gasteiger partial charge in [-0.25, -0.2) is 18.1 Å². The van der Waals surface area contributed by atoms with Crippen LogP contribution in [0.3, 0.4) is 0 Å². The maximum absolute atomic E-state index is 12.0. The van der Waals surface area contributed by atoms with Crippen LogP contribution in [0.1, 0.15) is 74.5 Å². The number of rotatable bonds is 6. The van der Waals surface area contributed by atoms with Crippen LogP contribution < -0.4 is 10.5 Å². The third-order valence-corrected chi connectivity index (χ3v) is 8.36. The van der Waals surface area contributed by atoms with E-state index in [1.807, 2.05) is 29.9 Å². The molecule has 0 saturated carbocycles. The zero-order chi connectivity index (χ0) is 25.6. The maximum atomic E-state index is 12.0. The van der Waals surface area contributed by atoms with Gasteiger partial charge in [-0.3, -0.25) is 4.90 Å². The Labute approximate surface area is 212 Å². The molecule has 0 spiro atoms. The molecule has 0 radical (unpaired) electrons. The topological polar surface area (TPSA) is 116 Å².